The van der Waals surface area contributed by atoms with E-state index in [1.807, 2.05) is 33.9 Å². The smallest absolute Gasteiger partial charge is 0.219 e. The molecule has 0 radical (unpaired) electrons. The lowest BCUT2D eigenvalue weighted by atomic mass is 10.2. The number of hydrogen-bond donors (Lipinski definition) is 0. The van der Waals surface area contributed by atoms with Gasteiger partial charge in [0.2, 0.25) is 5.91 Å². The highest BCUT2D eigenvalue weighted by molar-refractivity contribution is 6.34. The van der Waals surface area contributed by atoms with E-state index in [2.05, 4.69) is 22.0 Å². The van der Waals surface area contributed by atoms with Crippen LogP contribution in [0, 0.1) is 0 Å². The number of nitrogens with zero attached hydrogens (tertiary/aromatic N) is 4. The Morgan fingerprint density at radius 2 is 1.81 bits per heavy atom. The van der Waals surface area contributed by atoms with Gasteiger partial charge in [0.15, 0.2) is 6.29 Å². The van der Waals surface area contributed by atoms with Crippen LogP contribution in [0.4, 0.5) is 5.69 Å². The van der Waals surface area contributed by atoms with Crippen LogP contribution in [0.15, 0.2) is 67.3 Å². The lowest BCUT2D eigenvalue weighted by Crippen LogP contribution is -2.48. The Bertz CT molecular complexity index is 1070. The standard InChI is InChI=1S/C20H26N4O4.C6H4Cl2/c1-16(25)23-8-10-24(11-9-23)17-2-4-18(5-3-17)26-13-19-14-27-20(28-19)12-22-7-6-21-15-22;7-5-2-1-3-6(8)4-5/h2-7,15,19-20H,8-14H2,1H3;1-4H. The SMILES string of the molecule is CC(=O)N1CCN(c2ccc(OCC3COC(Cn4ccnc4)O3)cc2)CC1.Clc1cccc(Cl)c1. The predicted molar refractivity (Wildman–Crippen MR) is 140 cm³/mol. The van der Waals surface area contributed by atoms with Crippen LogP contribution >= 0.6 is 23.2 Å². The van der Waals surface area contributed by atoms with Crippen LogP contribution in [0.5, 0.6) is 5.75 Å². The van der Waals surface area contributed by atoms with Crippen LogP contribution < -0.4 is 9.64 Å². The molecule has 2 aliphatic heterocycles. The molecule has 8 nitrogen and oxygen atoms in total. The second kappa shape index (κ2) is 13.0. The van der Waals surface area contributed by atoms with Gasteiger partial charge in [0, 0.05) is 61.2 Å². The number of halogens is 2. The minimum Gasteiger partial charge on any atom is -0.491 e. The monoisotopic (exact) mass is 532 g/mol. The number of aromatic nitrogens is 2. The number of piperazine rings is 1. The molecule has 36 heavy (non-hydrogen) atoms. The summed E-state index contributed by atoms with van der Waals surface area (Å²) >= 11 is 11.1. The van der Waals surface area contributed by atoms with Crippen LogP contribution in [0.1, 0.15) is 6.92 Å². The average Bonchev–Trinajstić information content (AvgIpc) is 3.56. The molecule has 0 saturated carbocycles. The summed E-state index contributed by atoms with van der Waals surface area (Å²) in [7, 11) is 0. The van der Waals surface area contributed by atoms with Gasteiger partial charge >= 0.3 is 0 Å². The summed E-state index contributed by atoms with van der Waals surface area (Å²) in [6, 6.07) is 15.2. The fraction of sp³-hybridized carbons (Fsp3) is 0.385. The highest BCUT2D eigenvalue weighted by atomic mass is 35.5. The molecule has 0 spiro atoms. The largest absolute Gasteiger partial charge is 0.491 e. The first-order valence-corrected chi connectivity index (χ1v) is 12.6. The summed E-state index contributed by atoms with van der Waals surface area (Å²) in [5, 5.41) is 1.36. The highest BCUT2D eigenvalue weighted by Crippen LogP contribution is 2.22. The Hall–Kier alpha value is -2.78. The summed E-state index contributed by atoms with van der Waals surface area (Å²) in [5.74, 6) is 0.960. The van der Waals surface area contributed by atoms with Crippen molar-refractivity contribution < 1.29 is 19.0 Å². The summed E-state index contributed by atoms with van der Waals surface area (Å²) in [6.07, 6.45) is 5.03. The Morgan fingerprint density at radius 1 is 1.08 bits per heavy atom. The maximum absolute atomic E-state index is 11.4. The molecule has 3 heterocycles. The zero-order chi connectivity index (χ0) is 25.3. The molecular weight excluding hydrogens is 503 g/mol. The molecule has 5 rings (SSSR count). The van der Waals surface area contributed by atoms with Crippen molar-refractivity contribution in [3.8, 4) is 5.75 Å². The maximum Gasteiger partial charge on any atom is 0.219 e. The Morgan fingerprint density at radius 3 is 2.39 bits per heavy atom. The molecule has 2 aliphatic rings. The normalized spacial score (nSPS) is 19.5. The van der Waals surface area contributed by atoms with E-state index in [0.29, 0.717) is 29.8 Å². The van der Waals surface area contributed by atoms with E-state index in [1.54, 1.807) is 37.6 Å². The molecule has 1 amide bonds. The fourth-order valence-electron chi connectivity index (χ4n) is 3.94. The van der Waals surface area contributed by atoms with E-state index < -0.39 is 0 Å². The summed E-state index contributed by atoms with van der Waals surface area (Å²) < 4.78 is 19.3. The van der Waals surface area contributed by atoms with Gasteiger partial charge in [0.05, 0.1) is 19.5 Å². The Balaban J connectivity index is 0.000000325. The molecule has 2 fully saturated rings. The van der Waals surface area contributed by atoms with Gasteiger partial charge in [-0.05, 0) is 42.5 Å². The molecule has 10 heteroatoms. The number of ether oxygens (including phenoxy) is 3. The topological polar surface area (TPSA) is 69.1 Å². The number of benzene rings is 2. The number of anilines is 1. The first-order chi connectivity index (χ1) is 17.5. The molecule has 0 aliphatic carbocycles. The Kier molecular flexibility index (Phi) is 9.47. The lowest BCUT2D eigenvalue weighted by molar-refractivity contribution is -0.129. The maximum atomic E-state index is 11.4. The minimum atomic E-state index is -0.265. The molecular formula is C26H30Cl2N4O4. The summed E-state index contributed by atoms with van der Waals surface area (Å²) in [4.78, 5) is 19.6. The van der Waals surface area contributed by atoms with E-state index in [4.69, 9.17) is 37.4 Å². The van der Waals surface area contributed by atoms with Crippen molar-refractivity contribution in [2.24, 2.45) is 0 Å². The molecule has 2 aromatic carbocycles. The fourth-order valence-corrected chi connectivity index (χ4v) is 4.38. The van der Waals surface area contributed by atoms with Gasteiger partial charge in [-0.3, -0.25) is 4.79 Å². The first-order valence-electron chi connectivity index (χ1n) is 11.8. The van der Waals surface area contributed by atoms with Crippen LogP contribution in [0.2, 0.25) is 10.0 Å². The molecule has 3 aromatic rings. The van der Waals surface area contributed by atoms with Crippen molar-refractivity contribution in [3.05, 3.63) is 77.3 Å². The van der Waals surface area contributed by atoms with Crippen LogP contribution in [-0.2, 0) is 20.8 Å². The predicted octanol–water partition coefficient (Wildman–Crippen LogP) is 4.37. The number of rotatable bonds is 6. The van der Waals surface area contributed by atoms with Crippen LogP contribution in [0.3, 0.4) is 0 Å². The van der Waals surface area contributed by atoms with E-state index >= 15 is 0 Å². The molecule has 2 unspecified atom stereocenters. The zero-order valence-electron chi connectivity index (χ0n) is 20.1. The third-order valence-electron chi connectivity index (χ3n) is 5.88. The molecule has 1 aromatic heterocycles. The Labute approximate surface area is 221 Å². The third-order valence-corrected chi connectivity index (χ3v) is 6.35. The van der Waals surface area contributed by atoms with Gasteiger partial charge < -0.3 is 28.6 Å². The second-order valence-corrected chi connectivity index (χ2v) is 9.39. The highest BCUT2D eigenvalue weighted by Gasteiger charge is 2.27. The summed E-state index contributed by atoms with van der Waals surface area (Å²) in [5.41, 5.74) is 1.15. The van der Waals surface area contributed by atoms with Crippen molar-refractivity contribution in [2.45, 2.75) is 25.9 Å². The van der Waals surface area contributed by atoms with Crippen molar-refractivity contribution in [1.82, 2.24) is 14.5 Å². The van der Waals surface area contributed by atoms with E-state index in [-0.39, 0.29) is 18.3 Å². The number of imidazole rings is 1. The van der Waals surface area contributed by atoms with E-state index in [9.17, 15) is 4.79 Å². The molecule has 0 N–H and O–H groups in total. The zero-order valence-corrected chi connectivity index (χ0v) is 21.6. The van der Waals surface area contributed by atoms with Gasteiger partial charge in [-0.15, -0.1) is 0 Å². The lowest BCUT2D eigenvalue weighted by Gasteiger charge is -2.35. The van der Waals surface area contributed by atoms with Gasteiger partial charge in [-0.1, -0.05) is 29.3 Å². The minimum absolute atomic E-state index is 0.0761. The second-order valence-electron chi connectivity index (χ2n) is 8.52. The molecule has 2 saturated heterocycles. The molecule has 192 valence electrons. The van der Waals surface area contributed by atoms with Crippen LogP contribution in [-0.4, -0.2) is 72.1 Å². The number of carbonyl (C=O) groups excluding carboxylic acids is 1. The summed E-state index contributed by atoms with van der Waals surface area (Å²) in [6.45, 7) is 6.48. The average molecular weight is 533 g/mol. The quantitative estimate of drug-likeness (QED) is 0.469. The van der Waals surface area contributed by atoms with Crippen molar-refractivity contribution in [2.75, 3.05) is 44.3 Å². The van der Waals surface area contributed by atoms with Gasteiger partial charge in [-0.25, -0.2) is 4.98 Å². The van der Waals surface area contributed by atoms with Gasteiger partial charge in [0.25, 0.3) is 0 Å². The number of carbonyl (C=O) groups is 1. The van der Waals surface area contributed by atoms with E-state index in [0.717, 1.165) is 37.6 Å². The van der Waals surface area contributed by atoms with Crippen molar-refractivity contribution in [1.29, 1.82) is 0 Å². The third kappa shape index (κ3) is 7.86. The number of hydrogen-bond acceptors (Lipinski definition) is 6. The molecule has 2 atom stereocenters. The number of amides is 1. The van der Waals surface area contributed by atoms with Crippen LogP contribution in [0.25, 0.3) is 0 Å². The van der Waals surface area contributed by atoms with E-state index in [1.165, 1.54) is 0 Å². The first kappa shape index (κ1) is 26.3. The van der Waals surface area contributed by atoms with Gasteiger partial charge in [0.1, 0.15) is 18.5 Å². The van der Waals surface area contributed by atoms with Crippen molar-refractivity contribution in [3.63, 3.8) is 0 Å². The molecule has 0 bridgehead atoms. The van der Waals surface area contributed by atoms with Gasteiger partial charge in [-0.2, -0.15) is 0 Å². The van der Waals surface area contributed by atoms with Crippen molar-refractivity contribution >= 4 is 34.8 Å².